The van der Waals surface area contributed by atoms with Gasteiger partial charge in [-0.1, -0.05) is 18.2 Å². The molecule has 0 spiro atoms. The number of ether oxygens (including phenoxy) is 1. The fourth-order valence-corrected chi connectivity index (χ4v) is 5.94. The SMILES string of the molecule is COc1ccc(S(=O)(=O)n2nc(C)c(S(=O)(=O)N(C)c3ccccc3)c2C)cc1. The zero-order chi connectivity index (χ0) is 21.4. The molecule has 0 bridgehead atoms. The maximum atomic E-state index is 13.2. The fraction of sp³-hybridized carbons (Fsp3) is 0.211. The number of rotatable bonds is 6. The minimum atomic E-state index is -4.08. The molecule has 0 amide bonds. The predicted molar refractivity (Wildman–Crippen MR) is 109 cm³/mol. The Labute approximate surface area is 170 Å². The van der Waals surface area contributed by atoms with E-state index in [1.165, 1.54) is 52.3 Å². The summed E-state index contributed by atoms with van der Waals surface area (Å²) in [7, 11) is -5.21. The van der Waals surface area contributed by atoms with E-state index in [2.05, 4.69) is 5.10 Å². The van der Waals surface area contributed by atoms with Gasteiger partial charge in [0.1, 0.15) is 10.6 Å². The number of nitrogens with zero attached hydrogens (tertiary/aromatic N) is 3. The number of para-hydroxylation sites is 1. The summed E-state index contributed by atoms with van der Waals surface area (Å²) in [6, 6.07) is 14.3. The van der Waals surface area contributed by atoms with Gasteiger partial charge in [-0.25, -0.2) is 8.42 Å². The van der Waals surface area contributed by atoms with E-state index in [1.54, 1.807) is 30.3 Å². The molecule has 0 atom stereocenters. The van der Waals surface area contributed by atoms with Gasteiger partial charge in [0, 0.05) is 7.05 Å². The van der Waals surface area contributed by atoms with Crippen molar-refractivity contribution in [2.24, 2.45) is 0 Å². The largest absolute Gasteiger partial charge is 0.497 e. The lowest BCUT2D eigenvalue weighted by Crippen LogP contribution is -2.27. The summed E-state index contributed by atoms with van der Waals surface area (Å²) in [5.41, 5.74) is 0.570. The van der Waals surface area contributed by atoms with E-state index in [4.69, 9.17) is 4.74 Å². The smallest absolute Gasteiger partial charge is 0.283 e. The molecule has 0 saturated heterocycles. The van der Waals surface area contributed by atoms with Crippen LogP contribution < -0.4 is 9.04 Å². The molecular formula is C19H21N3O5S2. The van der Waals surface area contributed by atoms with Gasteiger partial charge in [0.15, 0.2) is 0 Å². The minimum Gasteiger partial charge on any atom is -0.497 e. The van der Waals surface area contributed by atoms with E-state index in [-0.39, 0.29) is 21.2 Å². The Morgan fingerprint density at radius 3 is 2.07 bits per heavy atom. The number of hydrogen-bond donors (Lipinski definition) is 0. The summed E-state index contributed by atoms with van der Waals surface area (Å²) in [4.78, 5) is -0.162. The average molecular weight is 436 g/mol. The minimum absolute atomic E-state index is 0.0149. The lowest BCUT2D eigenvalue weighted by molar-refractivity contribution is 0.414. The first kappa shape index (κ1) is 20.9. The van der Waals surface area contributed by atoms with E-state index in [0.29, 0.717) is 11.4 Å². The third kappa shape index (κ3) is 3.60. The molecule has 1 aromatic heterocycles. The maximum absolute atomic E-state index is 13.2. The summed E-state index contributed by atoms with van der Waals surface area (Å²) in [5.74, 6) is 0.505. The van der Waals surface area contributed by atoms with Crippen molar-refractivity contribution in [2.75, 3.05) is 18.5 Å². The van der Waals surface area contributed by atoms with Crippen LogP contribution in [0.3, 0.4) is 0 Å². The van der Waals surface area contributed by atoms with Crippen molar-refractivity contribution < 1.29 is 21.6 Å². The highest BCUT2D eigenvalue weighted by Gasteiger charge is 2.32. The van der Waals surface area contributed by atoms with Gasteiger partial charge in [-0.15, -0.1) is 0 Å². The molecule has 8 nitrogen and oxygen atoms in total. The van der Waals surface area contributed by atoms with E-state index in [9.17, 15) is 16.8 Å². The lowest BCUT2D eigenvalue weighted by Gasteiger charge is -2.19. The molecule has 0 aliphatic rings. The Kier molecular flexibility index (Phi) is 5.42. The molecule has 0 aliphatic heterocycles. The highest BCUT2D eigenvalue weighted by Crippen LogP contribution is 2.29. The van der Waals surface area contributed by atoms with Crippen molar-refractivity contribution in [1.29, 1.82) is 0 Å². The second kappa shape index (κ2) is 7.53. The highest BCUT2D eigenvalue weighted by molar-refractivity contribution is 7.93. The third-order valence-electron chi connectivity index (χ3n) is 4.51. The van der Waals surface area contributed by atoms with E-state index >= 15 is 0 Å². The molecule has 0 unspecified atom stereocenters. The molecule has 3 rings (SSSR count). The molecule has 0 radical (unpaired) electrons. The van der Waals surface area contributed by atoms with Gasteiger partial charge in [-0.05, 0) is 50.2 Å². The summed E-state index contributed by atoms with van der Waals surface area (Å²) in [5, 5.41) is 4.03. The van der Waals surface area contributed by atoms with Crippen LogP contribution in [0.2, 0.25) is 0 Å². The van der Waals surface area contributed by atoms with Gasteiger partial charge in [0.25, 0.3) is 20.0 Å². The van der Waals surface area contributed by atoms with E-state index in [1.807, 2.05) is 0 Å². The van der Waals surface area contributed by atoms with Crippen molar-refractivity contribution in [3.05, 3.63) is 66.0 Å². The quantitative estimate of drug-likeness (QED) is 0.590. The summed E-state index contributed by atoms with van der Waals surface area (Å²) >= 11 is 0. The van der Waals surface area contributed by atoms with Crippen LogP contribution >= 0.6 is 0 Å². The van der Waals surface area contributed by atoms with Crippen molar-refractivity contribution in [3.8, 4) is 5.75 Å². The molecule has 29 heavy (non-hydrogen) atoms. The number of anilines is 1. The van der Waals surface area contributed by atoms with Crippen LogP contribution in [0.15, 0.2) is 64.4 Å². The zero-order valence-corrected chi connectivity index (χ0v) is 18.0. The number of hydrogen-bond acceptors (Lipinski definition) is 6. The monoisotopic (exact) mass is 435 g/mol. The van der Waals surface area contributed by atoms with Crippen LogP contribution in [-0.4, -0.2) is 40.2 Å². The molecule has 154 valence electrons. The van der Waals surface area contributed by atoms with Gasteiger partial charge in [-0.3, -0.25) is 4.31 Å². The Morgan fingerprint density at radius 2 is 1.52 bits per heavy atom. The molecular weight excluding hydrogens is 414 g/mol. The Balaban J connectivity index is 2.11. The number of methoxy groups -OCH3 is 1. The van der Waals surface area contributed by atoms with Crippen molar-refractivity contribution in [1.82, 2.24) is 9.19 Å². The average Bonchev–Trinajstić information content (AvgIpc) is 3.03. The molecule has 2 aromatic carbocycles. The highest BCUT2D eigenvalue weighted by atomic mass is 32.2. The van der Waals surface area contributed by atoms with Crippen LogP contribution in [0.1, 0.15) is 11.4 Å². The summed E-state index contributed by atoms with van der Waals surface area (Å²) in [6.45, 7) is 2.89. The number of benzene rings is 2. The zero-order valence-electron chi connectivity index (χ0n) is 16.4. The van der Waals surface area contributed by atoms with Crippen LogP contribution in [-0.2, 0) is 20.0 Å². The molecule has 1 heterocycles. The molecule has 3 aromatic rings. The van der Waals surface area contributed by atoms with Gasteiger partial charge in [0.2, 0.25) is 0 Å². The first-order chi connectivity index (χ1) is 13.6. The second-order valence-electron chi connectivity index (χ2n) is 6.33. The molecule has 0 N–H and O–H groups in total. The van der Waals surface area contributed by atoms with Crippen LogP contribution in [0, 0.1) is 13.8 Å². The fourth-order valence-electron chi connectivity index (χ4n) is 2.97. The first-order valence-electron chi connectivity index (χ1n) is 8.60. The second-order valence-corrected chi connectivity index (χ2v) is 10.0. The predicted octanol–water partition coefficient (Wildman–Crippen LogP) is 2.57. The Bertz CT molecular complexity index is 1230. The van der Waals surface area contributed by atoms with Crippen LogP contribution in [0.5, 0.6) is 5.75 Å². The molecule has 0 aliphatic carbocycles. The van der Waals surface area contributed by atoms with Gasteiger partial charge in [0.05, 0.1) is 29.1 Å². The number of aromatic nitrogens is 2. The van der Waals surface area contributed by atoms with E-state index in [0.717, 1.165) is 8.39 Å². The Hall–Kier alpha value is -2.85. The van der Waals surface area contributed by atoms with Crippen molar-refractivity contribution >= 4 is 25.7 Å². The topological polar surface area (TPSA) is 98.6 Å². The van der Waals surface area contributed by atoms with Gasteiger partial charge >= 0.3 is 0 Å². The Morgan fingerprint density at radius 1 is 0.931 bits per heavy atom. The molecule has 0 saturated carbocycles. The number of aryl methyl sites for hydroxylation is 1. The molecule has 0 fully saturated rings. The third-order valence-corrected chi connectivity index (χ3v) is 8.23. The summed E-state index contributed by atoms with van der Waals surface area (Å²) in [6.07, 6.45) is 0. The maximum Gasteiger partial charge on any atom is 0.283 e. The van der Waals surface area contributed by atoms with Crippen molar-refractivity contribution in [2.45, 2.75) is 23.6 Å². The molecule has 10 heteroatoms. The first-order valence-corrected chi connectivity index (χ1v) is 11.5. The normalized spacial score (nSPS) is 12.0. The standard InChI is InChI=1S/C19H21N3O5S2/c1-14-19(29(25,26)21(3)16-8-6-5-7-9-16)15(2)22(20-14)28(23,24)18-12-10-17(27-4)11-13-18/h5-13H,1-4H3. The van der Waals surface area contributed by atoms with Gasteiger partial charge < -0.3 is 4.74 Å². The van der Waals surface area contributed by atoms with Crippen LogP contribution in [0.4, 0.5) is 5.69 Å². The van der Waals surface area contributed by atoms with Crippen molar-refractivity contribution in [3.63, 3.8) is 0 Å². The van der Waals surface area contributed by atoms with Gasteiger partial charge in [-0.2, -0.15) is 17.6 Å². The lowest BCUT2D eigenvalue weighted by atomic mass is 10.3. The van der Waals surface area contributed by atoms with E-state index < -0.39 is 20.0 Å². The van der Waals surface area contributed by atoms with Crippen LogP contribution in [0.25, 0.3) is 0 Å². The summed E-state index contributed by atoms with van der Waals surface area (Å²) < 4.78 is 59.4. The number of sulfonamides is 1.